The molecule has 6 fully saturated rings. The Bertz CT molecular complexity index is 1570. The van der Waals surface area contributed by atoms with Gasteiger partial charge in [0.05, 0.1) is 5.69 Å². The van der Waals surface area contributed by atoms with Crippen molar-refractivity contribution >= 4 is 17.1 Å². The first kappa shape index (κ1) is 45.6. The van der Waals surface area contributed by atoms with Gasteiger partial charge in [0.2, 0.25) is 0 Å². The molecule has 0 radical (unpaired) electrons. The van der Waals surface area contributed by atoms with E-state index in [2.05, 4.69) is 49.5 Å². The van der Waals surface area contributed by atoms with E-state index in [0.29, 0.717) is 23.7 Å². The predicted molar refractivity (Wildman–Crippen MR) is 260 cm³/mol. The molecule has 1 N–H and O–H groups in total. The van der Waals surface area contributed by atoms with Gasteiger partial charge in [-0.25, -0.2) is 0 Å². The number of aliphatic imine (C=N–C) groups is 1. The molecule has 0 saturated heterocycles. The Balaban J connectivity index is 0.00000103. The molecule has 2 aromatic rings. The van der Waals surface area contributed by atoms with Crippen LogP contribution in [0.5, 0.6) is 0 Å². The van der Waals surface area contributed by atoms with Crippen LogP contribution >= 0.6 is 0 Å². The average molecular weight is 817 g/mol. The molecule has 0 aromatic heterocycles. The van der Waals surface area contributed by atoms with E-state index in [-0.39, 0.29) is 0 Å². The van der Waals surface area contributed by atoms with Crippen LogP contribution in [0.3, 0.4) is 0 Å². The Hall–Kier alpha value is -2.39. The number of nitrogens with zero attached hydrogens (tertiary/aromatic N) is 1. The minimum absolute atomic E-state index is 0.674. The van der Waals surface area contributed by atoms with Crippen molar-refractivity contribution in [3.05, 3.63) is 69.4 Å². The number of nitrogens with one attached hydrogen (secondary N) is 1. The lowest BCUT2D eigenvalue weighted by Gasteiger charge is -2.33. The third-order valence-electron chi connectivity index (χ3n) is 16.2. The highest BCUT2D eigenvalue weighted by atomic mass is 16.5. The van der Waals surface area contributed by atoms with Gasteiger partial charge in [-0.3, -0.25) is 4.99 Å². The smallest absolute Gasteiger partial charge is 0.0702 e. The maximum absolute atomic E-state index is 5.78. The first-order chi connectivity index (χ1) is 29.5. The van der Waals surface area contributed by atoms with Gasteiger partial charge in [0, 0.05) is 30.3 Å². The molecule has 6 aliphatic rings. The molecule has 0 amide bonds. The fourth-order valence-electron chi connectivity index (χ4n) is 12.9. The SMILES string of the molecule is CC(/C=C(/C)Nc1c(C2CCCCC2)cc(C2CCCCC2)cc1C1CCCCC1)=Nc1c(C2CCCCC2)cc(C2CCCCC2)cc1C1CCCCC1.CCOCC. The van der Waals surface area contributed by atoms with E-state index in [1.54, 1.807) is 33.4 Å². The Morgan fingerprint density at radius 2 is 0.767 bits per heavy atom. The molecular weight excluding hydrogens is 729 g/mol. The number of hydrogen-bond donors (Lipinski definition) is 1. The van der Waals surface area contributed by atoms with Crippen molar-refractivity contribution in [2.45, 2.75) is 256 Å². The van der Waals surface area contributed by atoms with Crippen molar-refractivity contribution in [2.75, 3.05) is 18.5 Å². The second kappa shape index (κ2) is 23.9. The van der Waals surface area contributed by atoms with Crippen molar-refractivity contribution < 1.29 is 4.74 Å². The number of hydrogen-bond acceptors (Lipinski definition) is 3. The Labute approximate surface area is 369 Å². The van der Waals surface area contributed by atoms with Gasteiger partial charge in [-0.15, -0.1) is 0 Å². The summed E-state index contributed by atoms with van der Waals surface area (Å²) in [6.07, 6.45) is 44.1. The van der Waals surface area contributed by atoms with Gasteiger partial charge in [-0.05, 0) is 180 Å². The maximum atomic E-state index is 5.78. The summed E-state index contributed by atoms with van der Waals surface area (Å²) in [4.78, 5) is 5.78. The van der Waals surface area contributed by atoms with Crippen LogP contribution in [0.1, 0.15) is 289 Å². The molecule has 0 unspecified atom stereocenters. The summed E-state index contributed by atoms with van der Waals surface area (Å²) in [5, 5.41) is 4.21. The highest BCUT2D eigenvalue weighted by Gasteiger charge is 2.30. The molecule has 0 bridgehead atoms. The first-order valence-corrected chi connectivity index (χ1v) is 26.5. The third kappa shape index (κ3) is 12.4. The number of ether oxygens (including phenoxy) is 1. The van der Waals surface area contributed by atoms with E-state index in [9.17, 15) is 0 Å². The van der Waals surface area contributed by atoms with E-state index in [1.807, 2.05) is 13.8 Å². The minimum Gasteiger partial charge on any atom is -0.382 e. The molecule has 3 nitrogen and oxygen atoms in total. The normalized spacial score (nSPS) is 23.0. The Morgan fingerprint density at radius 3 is 1.08 bits per heavy atom. The number of rotatable bonds is 12. The lowest BCUT2D eigenvalue weighted by molar-refractivity contribution is 0.162. The van der Waals surface area contributed by atoms with Crippen molar-refractivity contribution in [3.8, 4) is 0 Å². The van der Waals surface area contributed by atoms with Crippen LogP contribution in [0.25, 0.3) is 0 Å². The third-order valence-corrected chi connectivity index (χ3v) is 16.2. The topological polar surface area (TPSA) is 33.6 Å². The summed E-state index contributed by atoms with van der Waals surface area (Å²) < 4.78 is 4.83. The average Bonchev–Trinajstić information content (AvgIpc) is 3.31. The molecule has 8 rings (SSSR count). The molecule has 0 spiro atoms. The first-order valence-electron chi connectivity index (χ1n) is 26.5. The maximum Gasteiger partial charge on any atom is 0.0702 e. The second-order valence-corrected chi connectivity index (χ2v) is 20.6. The van der Waals surface area contributed by atoms with E-state index in [4.69, 9.17) is 9.73 Å². The molecule has 60 heavy (non-hydrogen) atoms. The van der Waals surface area contributed by atoms with Gasteiger partial charge in [0.25, 0.3) is 0 Å². The molecule has 6 saturated carbocycles. The van der Waals surface area contributed by atoms with Crippen LogP contribution in [0, 0.1) is 0 Å². The van der Waals surface area contributed by atoms with E-state index in [0.717, 1.165) is 25.0 Å². The van der Waals surface area contributed by atoms with Crippen molar-refractivity contribution in [3.63, 3.8) is 0 Å². The summed E-state index contributed by atoms with van der Waals surface area (Å²) in [7, 11) is 0. The van der Waals surface area contributed by atoms with E-state index in [1.165, 1.54) is 215 Å². The summed E-state index contributed by atoms with van der Waals surface area (Å²) >= 11 is 0. The molecule has 2 aromatic carbocycles. The number of allylic oxidation sites excluding steroid dienone is 2. The molecule has 0 heterocycles. The number of benzene rings is 2. The van der Waals surface area contributed by atoms with Crippen molar-refractivity contribution in [1.29, 1.82) is 0 Å². The monoisotopic (exact) mass is 817 g/mol. The van der Waals surface area contributed by atoms with Crippen LogP contribution in [0.15, 0.2) is 41.0 Å². The molecule has 332 valence electrons. The summed E-state index contributed by atoms with van der Waals surface area (Å²) in [5.41, 5.74) is 15.3. The summed E-state index contributed by atoms with van der Waals surface area (Å²) in [5.74, 6) is 4.26. The predicted octanol–water partition coefficient (Wildman–Crippen LogP) is 18.1. The van der Waals surface area contributed by atoms with E-state index < -0.39 is 0 Å². The van der Waals surface area contributed by atoms with Crippen LogP contribution in [-0.2, 0) is 4.74 Å². The molecule has 3 heteroatoms. The van der Waals surface area contributed by atoms with Crippen molar-refractivity contribution in [1.82, 2.24) is 0 Å². The van der Waals surface area contributed by atoms with Crippen LogP contribution in [0.2, 0.25) is 0 Å². The van der Waals surface area contributed by atoms with Crippen LogP contribution in [-0.4, -0.2) is 18.9 Å². The van der Waals surface area contributed by atoms with Gasteiger partial charge in [-0.2, -0.15) is 0 Å². The lowest BCUT2D eigenvalue weighted by atomic mass is 9.75. The highest BCUT2D eigenvalue weighted by Crippen LogP contribution is 2.49. The Kier molecular flexibility index (Phi) is 18.2. The van der Waals surface area contributed by atoms with Crippen molar-refractivity contribution in [2.24, 2.45) is 4.99 Å². The van der Waals surface area contributed by atoms with Gasteiger partial charge in [-0.1, -0.05) is 140 Å². The zero-order valence-corrected chi connectivity index (χ0v) is 39.3. The summed E-state index contributed by atoms with van der Waals surface area (Å²) in [6.45, 7) is 10.3. The van der Waals surface area contributed by atoms with Gasteiger partial charge in [0.1, 0.15) is 0 Å². The van der Waals surface area contributed by atoms with Crippen LogP contribution in [0.4, 0.5) is 11.4 Å². The fraction of sp³-hybridized carbons (Fsp3) is 0.737. The zero-order valence-electron chi connectivity index (χ0n) is 39.3. The Morgan fingerprint density at radius 1 is 0.467 bits per heavy atom. The van der Waals surface area contributed by atoms with Gasteiger partial charge in [0.15, 0.2) is 0 Å². The largest absolute Gasteiger partial charge is 0.382 e. The molecule has 6 aliphatic carbocycles. The van der Waals surface area contributed by atoms with E-state index >= 15 is 0 Å². The quantitative estimate of drug-likeness (QED) is 0.217. The molecule has 0 atom stereocenters. The van der Waals surface area contributed by atoms with Crippen LogP contribution < -0.4 is 5.32 Å². The zero-order chi connectivity index (χ0) is 41.5. The summed E-state index contributed by atoms with van der Waals surface area (Å²) in [6, 6.07) is 10.9. The molecular formula is C57H88N2O. The molecule has 0 aliphatic heterocycles. The lowest BCUT2D eigenvalue weighted by Crippen LogP contribution is -2.16. The highest BCUT2D eigenvalue weighted by molar-refractivity contribution is 5.96. The minimum atomic E-state index is 0.674. The standard InChI is InChI=1S/C53H78N2.C4H10O/c1-38(54-52-48(42-25-13-5-14-26-42)34-46(40-21-9-3-10-22-40)35-49(52)43-27-15-6-16-28-43)33-39(2)55-53-50(44-29-17-7-18-30-44)36-47(41-23-11-4-12-24-41)37-51(53)45-31-19-8-20-32-45;1-3-5-4-2/h33-37,40-45,54H,3-32H2,1-2H3;3-4H2,1-2H3/b38-33-,55-39?;. The van der Waals surface area contributed by atoms with Gasteiger partial charge < -0.3 is 10.1 Å². The van der Waals surface area contributed by atoms with Gasteiger partial charge >= 0.3 is 0 Å². The fourth-order valence-corrected chi connectivity index (χ4v) is 12.9. The number of anilines is 1. The second-order valence-electron chi connectivity index (χ2n) is 20.6.